The van der Waals surface area contributed by atoms with E-state index >= 15 is 0 Å². The summed E-state index contributed by atoms with van der Waals surface area (Å²) in [6.45, 7) is 4.30. The second-order valence-electron chi connectivity index (χ2n) is 5.34. The predicted octanol–water partition coefficient (Wildman–Crippen LogP) is 4.38. The van der Waals surface area contributed by atoms with Gasteiger partial charge in [-0.1, -0.05) is 13.3 Å². The van der Waals surface area contributed by atoms with E-state index < -0.39 is 0 Å². The average Bonchev–Trinajstić information content (AvgIpc) is 2.58. The zero-order valence-electron chi connectivity index (χ0n) is 14.3. The highest BCUT2D eigenvalue weighted by Crippen LogP contribution is 2.35. The maximum atomic E-state index is 12.4. The van der Waals surface area contributed by atoms with Gasteiger partial charge in [0.1, 0.15) is 11.5 Å². The number of hydrogen-bond acceptors (Lipinski definition) is 4. The monoisotopic (exact) mass is 316 g/mol. The maximum absolute atomic E-state index is 12.4. The maximum Gasteiger partial charge on any atom is 0.338 e. The summed E-state index contributed by atoms with van der Waals surface area (Å²) in [5.74, 6) is 1.13. The minimum Gasteiger partial charge on any atom is -0.497 e. The first-order chi connectivity index (χ1) is 11.2. The van der Waals surface area contributed by atoms with Crippen molar-refractivity contribution in [2.75, 3.05) is 20.8 Å². The SMILES string of the molecule is CCCCc1c(C(=O)OCC)cc(OC)c2ccc(OC)cc12. The zero-order valence-corrected chi connectivity index (χ0v) is 14.3. The fourth-order valence-corrected chi connectivity index (χ4v) is 2.74. The lowest BCUT2D eigenvalue weighted by Gasteiger charge is -2.16. The topological polar surface area (TPSA) is 44.8 Å². The second-order valence-corrected chi connectivity index (χ2v) is 5.34. The summed E-state index contributed by atoms with van der Waals surface area (Å²) < 4.78 is 16.1. The van der Waals surface area contributed by atoms with Gasteiger partial charge in [-0.15, -0.1) is 0 Å². The molecule has 0 radical (unpaired) electrons. The van der Waals surface area contributed by atoms with Crippen LogP contribution in [-0.2, 0) is 11.2 Å². The molecular weight excluding hydrogens is 292 g/mol. The van der Waals surface area contributed by atoms with Crippen molar-refractivity contribution in [1.82, 2.24) is 0 Å². The van der Waals surface area contributed by atoms with Gasteiger partial charge in [-0.25, -0.2) is 4.79 Å². The van der Waals surface area contributed by atoms with E-state index in [9.17, 15) is 4.79 Å². The minimum atomic E-state index is -0.304. The number of benzene rings is 2. The molecule has 23 heavy (non-hydrogen) atoms. The first-order valence-electron chi connectivity index (χ1n) is 8.00. The van der Waals surface area contributed by atoms with Gasteiger partial charge in [0.15, 0.2) is 0 Å². The Morgan fingerprint density at radius 2 is 1.83 bits per heavy atom. The lowest BCUT2D eigenvalue weighted by Crippen LogP contribution is -2.09. The highest BCUT2D eigenvalue weighted by atomic mass is 16.5. The molecule has 124 valence electrons. The van der Waals surface area contributed by atoms with Crippen LogP contribution < -0.4 is 9.47 Å². The molecule has 0 bridgehead atoms. The Labute approximate surface area is 137 Å². The minimum absolute atomic E-state index is 0.304. The normalized spacial score (nSPS) is 10.6. The fraction of sp³-hybridized carbons (Fsp3) is 0.421. The molecule has 0 N–H and O–H groups in total. The highest BCUT2D eigenvalue weighted by molar-refractivity contribution is 6.02. The highest BCUT2D eigenvalue weighted by Gasteiger charge is 2.19. The third kappa shape index (κ3) is 3.58. The Morgan fingerprint density at radius 1 is 1.04 bits per heavy atom. The number of aryl methyl sites for hydroxylation is 1. The van der Waals surface area contributed by atoms with Gasteiger partial charge in [-0.2, -0.15) is 0 Å². The van der Waals surface area contributed by atoms with Crippen molar-refractivity contribution in [3.63, 3.8) is 0 Å². The number of methoxy groups -OCH3 is 2. The summed E-state index contributed by atoms with van der Waals surface area (Å²) in [6.07, 6.45) is 2.88. The summed E-state index contributed by atoms with van der Waals surface area (Å²) in [7, 11) is 3.25. The molecule has 0 spiro atoms. The zero-order chi connectivity index (χ0) is 16.8. The van der Waals surface area contributed by atoms with Gasteiger partial charge in [0.2, 0.25) is 0 Å². The third-order valence-electron chi connectivity index (χ3n) is 3.91. The number of hydrogen-bond donors (Lipinski definition) is 0. The van der Waals surface area contributed by atoms with Crippen molar-refractivity contribution in [1.29, 1.82) is 0 Å². The quantitative estimate of drug-likeness (QED) is 0.711. The van der Waals surface area contributed by atoms with Gasteiger partial charge in [0.25, 0.3) is 0 Å². The van der Waals surface area contributed by atoms with E-state index in [2.05, 4.69) is 6.92 Å². The first kappa shape index (κ1) is 17.1. The molecule has 2 rings (SSSR count). The van der Waals surface area contributed by atoms with Gasteiger partial charge in [-0.05, 0) is 55.0 Å². The lowest BCUT2D eigenvalue weighted by atomic mass is 9.94. The van der Waals surface area contributed by atoms with Crippen LogP contribution in [0.2, 0.25) is 0 Å². The van der Waals surface area contributed by atoms with Crippen LogP contribution in [0.15, 0.2) is 24.3 Å². The molecule has 0 saturated carbocycles. The second kappa shape index (κ2) is 7.86. The van der Waals surface area contributed by atoms with Crippen molar-refractivity contribution in [2.24, 2.45) is 0 Å². The number of fused-ring (bicyclic) bond motifs is 1. The van der Waals surface area contributed by atoms with E-state index in [-0.39, 0.29) is 5.97 Å². The largest absolute Gasteiger partial charge is 0.497 e. The fourth-order valence-electron chi connectivity index (χ4n) is 2.74. The van der Waals surface area contributed by atoms with Crippen LogP contribution in [0.5, 0.6) is 11.5 Å². The molecule has 0 aliphatic carbocycles. The molecule has 0 aliphatic heterocycles. The Bertz CT molecular complexity index is 691. The van der Waals surface area contributed by atoms with Gasteiger partial charge < -0.3 is 14.2 Å². The van der Waals surface area contributed by atoms with Gasteiger partial charge >= 0.3 is 5.97 Å². The van der Waals surface area contributed by atoms with Crippen LogP contribution in [0.25, 0.3) is 10.8 Å². The van der Waals surface area contributed by atoms with Crippen molar-refractivity contribution >= 4 is 16.7 Å². The lowest BCUT2D eigenvalue weighted by molar-refractivity contribution is 0.0525. The average molecular weight is 316 g/mol. The van der Waals surface area contributed by atoms with E-state index in [1.165, 1.54) is 0 Å². The third-order valence-corrected chi connectivity index (χ3v) is 3.91. The van der Waals surface area contributed by atoms with E-state index in [4.69, 9.17) is 14.2 Å². The summed E-state index contributed by atoms with van der Waals surface area (Å²) in [5.41, 5.74) is 1.58. The molecule has 0 aromatic heterocycles. The molecule has 4 heteroatoms. The molecule has 0 fully saturated rings. The Balaban J connectivity index is 2.73. The molecule has 0 unspecified atom stereocenters. The molecule has 2 aromatic rings. The van der Waals surface area contributed by atoms with Crippen LogP contribution >= 0.6 is 0 Å². The van der Waals surface area contributed by atoms with Crippen molar-refractivity contribution < 1.29 is 19.0 Å². The Morgan fingerprint density at radius 3 is 2.43 bits per heavy atom. The van der Waals surface area contributed by atoms with Gasteiger partial charge in [0.05, 0.1) is 26.4 Å². The molecule has 0 heterocycles. The number of unbranched alkanes of at least 4 members (excludes halogenated alkanes) is 1. The number of carbonyl (C=O) groups is 1. The molecular formula is C19H24O4. The summed E-state index contributed by atoms with van der Waals surface area (Å²) in [6, 6.07) is 7.62. The van der Waals surface area contributed by atoms with Crippen LogP contribution in [0.3, 0.4) is 0 Å². The first-order valence-corrected chi connectivity index (χ1v) is 8.00. The Kier molecular flexibility index (Phi) is 5.85. The number of esters is 1. The van der Waals surface area contributed by atoms with Crippen molar-refractivity contribution in [3.05, 3.63) is 35.4 Å². The molecule has 2 aromatic carbocycles. The molecule has 0 amide bonds. The van der Waals surface area contributed by atoms with Crippen LogP contribution in [0, 0.1) is 0 Å². The van der Waals surface area contributed by atoms with E-state index in [0.717, 1.165) is 41.3 Å². The molecule has 0 atom stereocenters. The molecule has 0 saturated heterocycles. The van der Waals surface area contributed by atoms with Crippen molar-refractivity contribution in [2.45, 2.75) is 33.1 Å². The predicted molar refractivity (Wildman–Crippen MR) is 91.6 cm³/mol. The summed E-state index contributed by atoms with van der Waals surface area (Å²) >= 11 is 0. The number of carbonyl (C=O) groups excluding carboxylic acids is 1. The van der Waals surface area contributed by atoms with E-state index in [1.54, 1.807) is 20.3 Å². The standard InChI is InChI=1S/C19H24O4/c1-5-7-8-14-16-11-13(21-3)9-10-15(16)18(22-4)12-17(14)19(20)23-6-2/h9-12H,5-8H2,1-4H3. The number of rotatable bonds is 7. The van der Waals surface area contributed by atoms with Crippen molar-refractivity contribution in [3.8, 4) is 11.5 Å². The number of ether oxygens (including phenoxy) is 3. The van der Waals surface area contributed by atoms with Crippen LogP contribution in [0.4, 0.5) is 0 Å². The molecule has 4 nitrogen and oxygen atoms in total. The summed E-state index contributed by atoms with van der Waals surface area (Å²) in [5, 5.41) is 1.97. The van der Waals surface area contributed by atoms with Gasteiger partial charge in [0, 0.05) is 5.39 Å². The Hall–Kier alpha value is -2.23. The van der Waals surface area contributed by atoms with Crippen LogP contribution in [0.1, 0.15) is 42.6 Å². The van der Waals surface area contributed by atoms with Crippen LogP contribution in [-0.4, -0.2) is 26.8 Å². The van der Waals surface area contributed by atoms with Gasteiger partial charge in [-0.3, -0.25) is 0 Å². The molecule has 0 aliphatic rings. The van der Waals surface area contributed by atoms with E-state index in [1.807, 2.05) is 25.1 Å². The summed E-state index contributed by atoms with van der Waals surface area (Å²) in [4.78, 5) is 12.4. The smallest absolute Gasteiger partial charge is 0.338 e. The van der Waals surface area contributed by atoms with E-state index in [0.29, 0.717) is 17.9 Å².